The SMILES string of the molecule is CN1CCN(CCOc2cc(-c3ccc(N4CCN(C(=O)OC(C)(C)C)CC4)nc3)c3c(C#N)cnn3c2)CC1. The molecule has 5 rings (SSSR count). The minimum Gasteiger partial charge on any atom is -0.491 e. The molecule has 0 aromatic carbocycles. The number of aromatic nitrogens is 3. The summed E-state index contributed by atoms with van der Waals surface area (Å²) in [5.41, 5.74) is 2.45. The fraction of sp³-hybridized carbons (Fsp3) is 0.517. The maximum atomic E-state index is 12.4. The lowest BCUT2D eigenvalue weighted by Gasteiger charge is -2.36. The largest absolute Gasteiger partial charge is 0.491 e. The zero-order valence-electron chi connectivity index (χ0n) is 23.8. The Morgan fingerprint density at radius 3 is 2.45 bits per heavy atom. The number of anilines is 1. The van der Waals surface area contributed by atoms with Crippen molar-refractivity contribution >= 4 is 17.4 Å². The summed E-state index contributed by atoms with van der Waals surface area (Å²) in [6.07, 6.45) is 4.96. The lowest BCUT2D eigenvalue weighted by Crippen LogP contribution is -2.50. The van der Waals surface area contributed by atoms with Crippen LogP contribution in [0, 0.1) is 11.3 Å². The summed E-state index contributed by atoms with van der Waals surface area (Å²) in [6, 6.07) is 8.22. The Hall–Kier alpha value is -3.88. The van der Waals surface area contributed by atoms with E-state index >= 15 is 0 Å². The molecule has 3 aromatic rings. The van der Waals surface area contributed by atoms with E-state index in [9.17, 15) is 10.1 Å². The predicted molar refractivity (Wildman–Crippen MR) is 153 cm³/mol. The second-order valence-electron chi connectivity index (χ2n) is 11.4. The minimum atomic E-state index is -0.509. The number of piperazine rings is 2. The number of nitrogens with zero attached hydrogens (tertiary/aromatic N) is 8. The van der Waals surface area contributed by atoms with Gasteiger partial charge < -0.3 is 24.2 Å². The average Bonchev–Trinajstić information content (AvgIpc) is 3.36. The normalized spacial score (nSPS) is 17.2. The van der Waals surface area contributed by atoms with E-state index in [0.717, 1.165) is 55.2 Å². The number of nitriles is 1. The van der Waals surface area contributed by atoms with Crippen LogP contribution in [0.3, 0.4) is 0 Å². The van der Waals surface area contributed by atoms with Crippen molar-refractivity contribution in [2.75, 3.05) is 77.5 Å². The summed E-state index contributed by atoms with van der Waals surface area (Å²) >= 11 is 0. The molecule has 5 heterocycles. The molecule has 1 amide bonds. The summed E-state index contributed by atoms with van der Waals surface area (Å²) in [6.45, 7) is 13.8. The standard InChI is InChI=1S/C29H38N8O3/c1-29(2,3)40-28(38)36-13-11-35(12-14-36)26-6-5-22(19-31-26)25-17-24(21-37-27(25)23(18-30)20-32-37)39-16-15-34-9-7-33(4)8-10-34/h5-6,17,19-21H,7-16H2,1-4H3. The molecule has 2 saturated heterocycles. The number of fused-ring (bicyclic) bond motifs is 1. The first-order valence-corrected chi connectivity index (χ1v) is 13.8. The zero-order valence-corrected chi connectivity index (χ0v) is 23.8. The van der Waals surface area contributed by atoms with Crippen LogP contribution in [-0.4, -0.2) is 114 Å². The van der Waals surface area contributed by atoms with Crippen LogP contribution in [0.2, 0.25) is 0 Å². The minimum absolute atomic E-state index is 0.279. The van der Waals surface area contributed by atoms with Gasteiger partial charge in [-0.1, -0.05) is 0 Å². The first-order valence-electron chi connectivity index (χ1n) is 13.8. The van der Waals surface area contributed by atoms with Crippen LogP contribution >= 0.6 is 0 Å². The number of carbonyl (C=O) groups excluding carboxylic acids is 1. The van der Waals surface area contributed by atoms with Gasteiger partial charge in [-0.3, -0.25) is 4.90 Å². The number of likely N-dealkylation sites (N-methyl/N-ethyl adjacent to an activating group) is 1. The topological polar surface area (TPSA) is 102 Å². The molecule has 0 saturated carbocycles. The fourth-order valence-electron chi connectivity index (χ4n) is 5.02. The quantitative estimate of drug-likeness (QED) is 0.462. The highest BCUT2D eigenvalue weighted by Gasteiger charge is 2.26. The van der Waals surface area contributed by atoms with Gasteiger partial charge in [0.05, 0.1) is 23.5 Å². The molecule has 11 nitrogen and oxygen atoms in total. The van der Waals surface area contributed by atoms with Gasteiger partial charge in [0, 0.05) is 76.2 Å². The summed E-state index contributed by atoms with van der Waals surface area (Å²) in [5.74, 6) is 1.55. The summed E-state index contributed by atoms with van der Waals surface area (Å²) < 4.78 is 13.4. The van der Waals surface area contributed by atoms with Crippen molar-refractivity contribution in [3.05, 3.63) is 42.4 Å². The van der Waals surface area contributed by atoms with Crippen LogP contribution in [0.25, 0.3) is 16.6 Å². The van der Waals surface area contributed by atoms with Gasteiger partial charge in [-0.05, 0) is 46.0 Å². The third kappa shape index (κ3) is 6.46. The highest BCUT2D eigenvalue weighted by Crippen LogP contribution is 2.31. The van der Waals surface area contributed by atoms with Gasteiger partial charge in [0.15, 0.2) is 0 Å². The molecule has 0 atom stereocenters. The van der Waals surface area contributed by atoms with E-state index in [-0.39, 0.29) is 6.09 Å². The molecule has 2 aliphatic heterocycles. The highest BCUT2D eigenvalue weighted by molar-refractivity contribution is 5.85. The first kappa shape index (κ1) is 27.7. The second kappa shape index (κ2) is 11.7. The third-order valence-corrected chi connectivity index (χ3v) is 7.29. The van der Waals surface area contributed by atoms with Gasteiger partial charge >= 0.3 is 6.09 Å². The van der Waals surface area contributed by atoms with E-state index < -0.39 is 5.60 Å². The lowest BCUT2D eigenvalue weighted by molar-refractivity contribution is 0.0240. The van der Waals surface area contributed by atoms with Crippen LogP contribution in [0.1, 0.15) is 26.3 Å². The van der Waals surface area contributed by atoms with Gasteiger partial charge in [-0.2, -0.15) is 10.4 Å². The molecule has 0 N–H and O–H groups in total. The van der Waals surface area contributed by atoms with Crippen molar-refractivity contribution in [1.82, 2.24) is 29.3 Å². The van der Waals surface area contributed by atoms with E-state index in [0.29, 0.717) is 44.1 Å². The molecule has 0 radical (unpaired) electrons. The van der Waals surface area contributed by atoms with Gasteiger partial charge in [-0.25, -0.2) is 14.3 Å². The second-order valence-corrected chi connectivity index (χ2v) is 11.4. The van der Waals surface area contributed by atoms with E-state index in [1.165, 1.54) is 0 Å². The van der Waals surface area contributed by atoms with Crippen molar-refractivity contribution in [2.45, 2.75) is 26.4 Å². The van der Waals surface area contributed by atoms with Crippen LogP contribution in [0.5, 0.6) is 5.75 Å². The number of amides is 1. The van der Waals surface area contributed by atoms with E-state index in [1.54, 1.807) is 15.6 Å². The van der Waals surface area contributed by atoms with Crippen molar-refractivity contribution in [3.63, 3.8) is 0 Å². The molecule has 212 valence electrons. The molecule has 0 aliphatic carbocycles. The highest BCUT2D eigenvalue weighted by atomic mass is 16.6. The Kier molecular flexibility index (Phi) is 8.09. The molecular weight excluding hydrogens is 508 g/mol. The van der Waals surface area contributed by atoms with Gasteiger partial charge in [0.25, 0.3) is 0 Å². The monoisotopic (exact) mass is 546 g/mol. The van der Waals surface area contributed by atoms with Crippen LogP contribution in [0.15, 0.2) is 36.8 Å². The summed E-state index contributed by atoms with van der Waals surface area (Å²) in [4.78, 5) is 25.8. The van der Waals surface area contributed by atoms with Crippen molar-refractivity contribution in [3.8, 4) is 22.9 Å². The van der Waals surface area contributed by atoms with Gasteiger partial charge in [0.2, 0.25) is 0 Å². The Labute approximate surface area is 235 Å². The van der Waals surface area contributed by atoms with Crippen molar-refractivity contribution < 1.29 is 14.3 Å². The molecule has 2 fully saturated rings. The smallest absolute Gasteiger partial charge is 0.410 e. The molecule has 0 spiro atoms. The number of carbonyl (C=O) groups is 1. The van der Waals surface area contributed by atoms with Crippen LogP contribution in [0.4, 0.5) is 10.6 Å². The molecule has 2 aliphatic rings. The fourth-order valence-corrected chi connectivity index (χ4v) is 5.02. The predicted octanol–water partition coefficient (Wildman–Crippen LogP) is 2.95. The van der Waals surface area contributed by atoms with Gasteiger partial charge in [0.1, 0.15) is 29.8 Å². The number of rotatable bonds is 6. The molecule has 40 heavy (non-hydrogen) atoms. The maximum Gasteiger partial charge on any atom is 0.410 e. The lowest BCUT2D eigenvalue weighted by atomic mass is 10.1. The molecule has 3 aromatic heterocycles. The Morgan fingerprint density at radius 1 is 1.05 bits per heavy atom. The Bertz CT molecular complexity index is 1360. The molecular formula is C29H38N8O3. The van der Waals surface area contributed by atoms with E-state index in [2.05, 4.69) is 32.9 Å². The molecule has 0 unspecified atom stereocenters. The Morgan fingerprint density at radius 2 is 1.80 bits per heavy atom. The number of ether oxygens (including phenoxy) is 2. The number of pyridine rings is 2. The molecule has 11 heteroatoms. The van der Waals surface area contributed by atoms with Crippen LogP contribution < -0.4 is 9.64 Å². The third-order valence-electron chi connectivity index (χ3n) is 7.29. The zero-order chi connectivity index (χ0) is 28.3. The maximum absolute atomic E-state index is 12.4. The van der Waals surface area contributed by atoms with Crippen LogP contribution in [-0.2, 0) is 4.74 Å². The summed E-state index contributed by atoms with van der Waals surface area (Å²) in [5, 5.41) is 14.1. The Balaban J connectivity index is 1.28. The molecule has 0 bridgehead atoms. The van der Waals surface area contributed by atoms with E-state index in [1.807, 2.05) is 51.4 Å². The summed E-state index contributed by atoms with van der Waals surface area (Å²) in [7, 11) is 2.15. The van der Waals surface area contributed by atoms with E-state index in [4.69, 9.17) is 14.5 Å². The van der Waals surface area contributed by atoms with Crippen molar-refractivity contribution in [2.24, 2.45) is 0 Å². The number of hydrogen-bond donors (Lipinski definition) is 0. The van der Waals surface area contributed by atoms with Gasteiger partial charge in [-0.15, -0.1) is 0 Å². The first-order chi connectivity index (χ1) is 19.2. The number of hydrogen-bond acceptors (Lipinski definition) is 9. The van der Waals surface area contributed by atoms with Crippen molar-refractivity contribution in [1.29, 1.82) is 5.26 Å². The average molecular weight is 547 g/mol.